The number of carbonyl (C=O) groups is 1. The topological polar surface area (TPSA) is 49.4 Å². The Balaban J connectivity index is 3.83. The Morgan fingerprint density at radius 2 is 1.93 bits per heavy atom. The smallest absolute Gasteiger partial charge is 0.236 e. The Bertz CT molecular complexity index is 217. The summed E-state index contributed by atoms with van der Waals surface area (Å²) in [4.78, 5) is 13.4. The summed E-state index contributed by atoms with van der Waals surface area (Å²) in [5, 5.41) is 3.08. The highest BCUT2D eigenvalue weighted by molar-refractivity contribution is 7.84. The van der Waals surface area contributed by atoms with Crippen LogP contribution in [0.5, 0.6) is 0 Å². The number of amides is 1. The molecule has 90 valence electrons. The van der Waals surface area contributed by atoms with Crippen molar-refractivity contribution < 1.29 is 9.00 Å². The molecule has 0 bridgehead atoms. The first-order chi connectivity index (χ1) is 7.01. The third kappa shape index (κ3) is 6.62. The monoisotopic (exact) mass is 234 g/mol. The summed E-state index contributed by atoms with van der Waals surface area (Å²) in [6.45, 7) is 7.69. The van der Waals surface area contributed by atoms with Crippen molar-refractivity contribution in [1.82, 2.24) is 10.2 Å². The number of nitrogens with one attached hydrogen (secondary N) is 1. The van der Waals surface area contributed by atoms with E-state index >= 15 is 0 Å². The van der Waals surface area contributed by atoms with Crippen LogP contribution in [0.1, 0.15) is 20.8 Å². The molecule has 0 spiro atoms. The molecule has 5 heteroatoms. The van der Waals surface area contributed by atoms with Crippen molar-refractivity contribution in [3.05, 3.63) is 0 Å². The van der Waals surface area contributed by atoms with E-state index in [0.717, 1.165) is 13.1 Å². The van der Waals surface area contributed by atoms with Crippen LogP contribution in [-0.2, 0) is 15.6 Å². The van der Waals surface area contributed by atoms with Crippen molar-refractivity contribution in [3.63, 3.8) is 0 Å². The lowest BCUT2D eigenvalue weighted by Crippen LogP contribution is -2.42. The van der Waals surface area contributed by atoms with Crippen LogP contribution in [0.25, 0.3) is 0 Å². The zero-order valence-electron chi connectivity index (χ0n) is 10.1. The minimum Gasteiger partial charge on any atom is -0.342 e. The second-order valence-electron chi connectivity index (χ2n) is 3.59. The van der Waals surface area contributed by atoms with Gasteiger partial charge in [0.15, 0.2) is 0 Å². The molecule has 0 aliphatic rings. The van der Waals surface area contributed by atoms with Crippen molar-refractivity contribution >= 4 is 16.7 Å². The fourth-order valence-corrected chi connectivity index (χ4v) is 2.18. The first kappa shape index (κ1) is 14.6. The minimum atomic E-state index is -0.812. The van der Waals surface area contributed by atoms with Gasteiger partial charge >= 0.3 is 0 Å². The maximum atomic E-state index is 11.6. The Morgan fingerprint density at radius 1 is 1.40 bits per heavy atom. The summed E-state index contributed by atoms with van der Waals surface area (Å²) in [6.07, 6.45) is 1.67. The summed E-state index contributed by atoms with van der Waals surface area (Å²) in [7, 11) is -0.812. The van der Waals surface area contributed by atoms with E-state index < -0.39 is 10.8 Å². The molecule has 0 saturated heterocycles. The number of hydrogen-bond acceptors (Lipinski definition) is 3. The van der Waals surface area contributed by atoms with Crippen LogP contribution < -0.4 is 5.32 Å². The third-order valence-corrected chi connectivity index (χ3v) is 3.17. The zero-order valence-corrected chi connectivity index (χ0v) is 10.9. The predicted octanol–water partition coefficient (Wildman–Crippen LogP) is 0.211. The highest BCUT2D eigenvalue weighted by atomic mass is 32.2. The normalized spacial score (nSPS) is 14.7. The van der Waals surface area contributed by atoms with Gasteiger partial charge in [-0.05, 0) is 20.8 Å². The van der Waals surface area contributed by atoms with Gasteiger partial charge in [-0.1, -0.05) is 0 Å². The highest BCUT2D eigenvalue weighted by Crippen LogP contribution is 1.90. The Labute approximate surface area is 94.9 Å². The molecule has 2 unspecified atom stereocenters. The molecule has 0 aliphatic heterocycles. The molecule has 15 heavy (non-hydrogen) atoms. The third-order valence-electron chi connectivity index (χ3n) is 2.20. The number of carbonyl (C=O) groups excluding carboxylic acids is 1. The quantitative estimate of drug-likeness (QED) is 0.685. The van der Waals surface area contributed by atoms with Crippen LogP contribution in [0.3, 0.4) is 0 Å². The van der Waals surface area contributed by atoms with Gasteiger partial charge in [0.05, 0.1) is 6.54 Å². The molecule has 0 saturated carbocycles. The summed E-state index contributed by atoms with van der Waals surface area (Å²) in [5.41, 5.74) is 0. The molecule has 2 atom stereocenters. The van der Waals surface area contributed by atoms with Crippen molar-refractivity contribution in [2.45, 2.75) is 26.8 Å². The van der Waals surface area contributed by atoms with Crippen molar-refractivity contribution in [2.24, 2.45) is 0 Å². The van der Waals surface area contributed by atoms with Gasteiger partial charge in [0.1, 0.15) is 0 Å². The standard InChI is InChI=1S/C10H22N2O2S/c1-5-12(6-2)10(13)7-11-9(3)8-15(4)14/h9,11H,5-8H2,1-4H3. The van der Waals surface area contributed by atoms with Crippen LogP contribution in [-0.4, -0.2) is 52.7 Å². The lowest BCUT2D eigenvalue weighted by molar-refractivity contribution is -0.129. The molecular weight excluding hydrogens is 212 g/mol. The SMILES string of the molecule is CCN(CC)C(=O)CNC(C)CS(C)=O. The maximum absolute atomic E-state index is 11.6. The molecule has 0 heterocycles. The van der Waals surface area contributed by atoms with E-state index in [0.29, 0.717) is 12.3 Å². The van der Waals surface area contributed by atoms with Crippen LogP contribution >= 0.6 is 0 Å². The summed E-state index contributed by atoms with van der Waals surface area (Å²) < 4.78 is 10.9. The van der Waals surface area contributed by atoms with E-state index in [1.807, 2.05) is 20.8 Å². The molecule has 1 N–H and O–H groups in total. The molecule has 0 radical (unpaired) electrons. The summed E-state index contributed by atoms with van der Waals surface area (Å²) >= 11 is 0. The van der Waals surface area contributed by atoms with Crippen LogP contribution in [0, 0.1) is 0 Å². The Morgan fingerprint density at radius 3 is 2.33 bits per heavy atom. The minimum absolute atomic E-state index is 0.105. The van der Waals surface area contributed by atoms with E-state index in [1.165, 1.54) is 0 Å². The van der Waals surface area contributed by atoms with E-state index in [4.69, 9.17) is 0 Å². The summed E-state index contributed by atoms with van der Waals surface area (Å²) in [6, 6.07) is 0.121. The molecule has 0 aliphatic carbocycles. The van der Waals surface area contributed by atoms with Gasteiger partial charge < -0.3 is 10.2 Å². The van der Waals surface area contributed by atoms with Crippen LogP contribution in [0.2, 0.25) is 0 Å². The second-order valence-corrected chi connectivity index (χ2v) is 5.07. The highest BCUT2D eigenvalue weighted by Gasteiger charge is 2.11. The van der Waals surface area contributed by atoms with Gasteiger partial charge in [-0.15, -0.1) is 0 Å². The lowest BCUT2D eigenvalue weighted by atomic mass is 10.3. The number of hydrogen-bond donors (Lipinski definition) is 1. The van der Waals surface area contributed by atoms with Crippen LogP contribution in [0.4, 0.5) is 0 Å². The van der Waals surface area contributed by atoms with Crippen molar-refractivity contribution in [3.8, 4) is 0 Å². The van der Waals surface area contributed by atoms with Gasteiger partial charge in [-0.3, -0.25) is 9.00 Å². The average molecular weight is 234 g/mol. The molecule has 0 rings (SSSR count). The first-order valence-electron chi connectivity index (χ1n) is 5.32. The fourth-order valence-electron chi connectivity index (χ4n) is 1.36. The Kier molecular flexibility index (Phi) is 7.60. The van der Waals surface area contributed by atoms with Gasteiger partial charge in [0, 0.05) is 41.9 Å². The molecule has 0 aromatic heterocycles. The van der Waals surface area contributed by atoms with E-state index in [1.54, 1.807) is 11.2 Å². The average Bonchev–Trinajstić information content (AvgIpc) is 2.15. The molecule has 0 fully saturated rings. The largest absolute Gasteiger partial charge is 0.342 e. The lowest BCUT2D eigenvalue weighted by Gasteiger charge is -2.20. The van der Waals surface area contributed by atoms with E-state index in [9.17, 15) is 9.00 Å². The van der Waals surface area contributed by atoms with Crippen LogP contribution in [0.15, 0.2) is 0 Å². The van der Waals surface area contributed by atoms with E-state index in [2.05, 4.69) is 5.32 Å². The fraction of sp³-hybridized carbons (Fsp3) is 0.900. The first-order valence-corrected chi connectivity index (χ1v) is 7.05. The zero-order chi connectivity index (χ0) is 11.8. The van der Waals surface area contributed by atoms with E-state index in [-0.39, 0.29) is 11.9 Å². The van der Waals surface area contributed by atoms with Crippen molar-refractivity contribution in [1.29, 1.82) is 0 Å². The summed E-state index contributed by atoms with van der Waals surface area (Å²) in [5.74, 6) is 0.694. The molecule has 4 nitrogen and oxygen atoms in total. The molecule has 0 aromatic rings. The number of likely N-dealkylation sites (N-methyl/N-ethyl adjacent to an activating group) is 1. The molecule has 1 amide bonds. The molecular formula is C10H22N2O2S. The second kappa shape index (κ2) is 7.82. The van der Waals surface area contributed by atoms with Gasteiger partial charge in [0.2, 0.25) is 5.91 Å². The molecule has 0 aromatic carbocycles. The maximum Gasteiger partial charge on any atom is 0.236 e. The van der Waals surface area contributed by atoms with Gasteiger partial charge in [-0.25, -0.2) is 0 Å². The Hall–Kier alpha value is -0.420. The van der Waals surface area contributed by atoms with Crippen molar-refractivity contribution in [2.75, 3.05) is 31.6 Å². The number of nitrogens with zero attached hydrogens (tertiary/aromatic N) is 1. The predicted molar refractivity (Wildman–Crippen MR) is 64.3 cm³/mol. The van der Waals surface area contributed by atoms with Gasteiger partial charge in [0.25, 0.3) is 0 Å². The van der Waals surface area contributed by atoms with Gasteiger partial charge in [-0.2, -0.15) is 0 Å². The number of rotatable bonds is 7.